The largest absolute Gasteiger partial charge is 0.466 e. The molecule has 0 rings (SSSR count). The van der Waals surface area contributed by atoms with Crippen LogP contribution in [0.4, 0.5) is 0 Å². The summed E-state index contributed by atoms with van der Waals surface area (Å²) < 4.78 is 8.88. The maximum absolute atomic E-state index is 12.1. The quantitative estimate of drug-likeness (QED) is 0.0677. The molecular weight excluding hydrogens is 455 g/mol. The highest BCUT2D eigenvalue weighted by molar-refractivity contribution is 7.45. The second kappa shape index (κ2) is 22.9. The van der Waals surface area contributed by atoms with E-state index in [0.717, 1.165) is 19.3 Å². The number of hydrogen-bond acceptors (Lipinski definition) is 4. The van der Waals surface area contributed by atoms with Crippen molar-refractivity contribution < 1.29 is 29.1 Å². The Balaban J connectivity index is 0. The molecule has 0 fully saturated rings. The lowest BCUT2D eigenvalue weighted by Gasteiger charge is -2.30. The molecule has 6 N–H and O–H groups in total. The maximum Gasteiger partial charge on any atom is 0.466 e. The minimum Gasteiger partial charge on any atom is -0.394 e. The van der Waals surface area contributed by atoms with Crippen molar-refractivity contribution in [3.63, 3.8) is 0 Å². The van der Waals surface area contributed by atoms with Gasteiger partial charge in [0.1, 0.15) is 0 Å². The van der Waals surface area contributed by atoms with E-state index in [4.69, 9.17) is 19.2 Å². The molecule has 0 aromatic heterocycles. The average molecular weight is 511 g/mol. The molecule has 0 aromatic carbocycles. The van der Waals surface area contributed by atoms with Crippen LogP contribution in [0.15, 0.2) is 0 Å². The third kappa shape index (κ3) is 31.5. The first-order valence-corrected chi connectivity index (χ1v) is 15.0. The Hall–Kier alpha value is -0.500. The summed E-state index contributed by atoms with van der Waals surface area (Å²) in [7, 11) is -4.64. The van der Waals surface area contributed by atoms with Gasteiger partial charge in [-0.1, -0.05) is 104 Å². The van der Waals surface area contributed by atoms with E-state index in [2.05, 4.69) is 17.6 Å². The molecule has 1 atom stereocenters. The summed E-state index contributed by atoms with van der Waals surface area (Å²) in [6.07, 6.45) is 21.5. The van der Waals surface area contributed by atoms with Crippen molar-refractivity contribution in [1.82, 2.24) is 10.6 Å². The van der Waals surface area contributed by atoms with Crippen LogP contribution in [-0.2, 0) is 9.36 Å². The fraction of sp³-hybridized carbons (Fsp3) is 0.960. The van der Waals surface area contributed by atoms with Crippen molar-refractivity contribution in [2.75, 3.05) is 6.61 Å². The number of aliphatic hydroxyl groups excluding tert-OH is 1. The molecule has 8 nitrogen and oxygen atoms in total. The molecule has 206 valence electrons. The van der Waals surface area contributed by atoms with Crippen LogP contribution in [-0.4, -0.2) is 44.0 Å². The molecular formula is C25H55N2O6P. The van der Waals surface area contributed by atoms with Gasteiger partial charge in [-0.25, -0.2) is 4.57 Å². The highest BCUT2D eigenvalue weighted by Gasteiger charge is 2.21. The Bertz CT molecular complexity index is 505. The van der Waals surface area contributed by atoms with E-state index in [1.807, 2.05) is 20.8 Å². The van der Waals surface area contributed by atoms with Gasteiger partial charge in [0.25, 0.3) is 0 Å². The highest BCUT2D eigenvalue weighted by atomic mass is 31.2. The van der Waals surface area contributed by atoms with Gasteiger partial charge in [0.2, 0.25) is 5.91 Å². The van der Waals surface area contributed by atoms with Crippen molar-refractivity contribution in [3.05, 3.63) is 0 Å². The van der Waals surface area contributed by atoms with Gasteiger partial charge in [0.15, 0.2) is 0 Å². The van der Waals surface area contributed by atoms with E-state index in [0.29, 0.717) is 6.42 Å². The lowest BCUT2D eigenvalue weighted by Crippen LogP contribution is -2.55. The third-order valence-corrected chi connectivity index (χ3v) is 5.71. The van der Waals surface area contributed by atoms with Gasteiger partial charge in [-0.2, -0.15) is 0 Å². The van der Waals surface area contributed by atoms with E-state index in [9.17, 15) is 9.90 Å². The fourth-order valence-electron chi connectivity index (χ4n) is 3.68. The molecule has 0 saturated carbocycles. The summed E-state index contributed by atoms with van der Waals surface area (Å²) in [6.45, 7) is 8.25. The fourth-order valence-corrected chi connectivity index (χ4v) is 3.68. The van der Waals surface area contributed by atoms with Gasteiger partial charge >= 0.3 is 7.82 Å². The van der Waals surface area contributed by atoms with Crippen molar-refractivity contribution >= 4 is 13.7 Å². The monoisotopic (exact) mass is 510 g/mol. The van der Waals surface area contributed by atoms with Gasteiger partial charge in [-0.15, -0.1) is 0 Å². The smallest absolute Gasteiger partial charge is 0.394 e. The normalized spacial score (nSPS) is 12.7. The topological polar surface area (TPSA) is 139 Å². The first-order chi connectivity index (χ1) is 15.9. The Labute approximate surface area is 208 Å². The van der Waals surface area contributed by atoms with Crippen molar-refractivity contribution in [2.24, 2.45) is 0 Å². The number of aliphatic hydroxyl groups is 1. The number of unbranched alkanes of at least 4 members (excludes halogenated alkanes) is 14. The Morgan fingerprint density at radius 1 is 0.765 bits per heavy atom. The van der Waals surface area contributed by atoms with Crippen LogP contribution in [0.1, 0.15) is 137 Å². The van der Waals surface area contributed by atoms with Crippen LogP contribution in [0.25, 0.3) is 0 Å². The number of rotatable bonds is 21. The van der Waals surface area contributed by atoms with Gasteiger partial charge in [0.05, 0.1) is 12.8 Å². The molecule has 0 radical (unpaired) electrons. The second-order valence-electron chi connectivity index (χ2n) is 9.93. The number of hydrogen-bond donors (Lipinski definition) is 6. The van der Waals surface area contributed by atoms with E-state index >= 15 is 0 Å². The molecule has 0 aliphatic rings. The summed E-state index contributed by atoms with van der Waals surface area (Å²) in [4.78, 5) is 33.7. The van der Waals surface area contributed by atoms with Gasteiger partial charge in [-0.3, -0.25) is 10.1 Å². The zero-order chi connectivity index (χ0) is 26.3. The summed E-state index contributed by atoms with van der Waals surface area (Å²) >= 11 is 0. The SMILES string of the molecule is CCCCCCCCCCCCCCCCCC(=O)NC(CC)NC(C)(C)CO.O=P(O)(O)O. The lowest BCUT2D eigenvalue weighted by atomic mass is 10.0. The van der Waals surface area contributed by atoms with E-state index < -0.39 is 7.82 Å². The van der Waals surface area contributed by atoms with Gasteiger partial charge in [0, 0.05) is 12.0 Å². The zero-order valence-electron chi connectivity index (χ0n) is 22.4. The van der Waals surface area contributed by atoms with E-state index in [1.54, 1.807) is 0 Å². The van der Waals surface area contributed by atoms with Crippen molar-refractivity contribution in [2.45, 2.75) is 149 Å². The molecule has 0 aromatic rings. The molecule has 9 heteroatoms. The summed E-state index contributed by atoms with van der Waals surface area (Å²) in [5.41, 5.74) is -0.372. The van der Waals surface area contributed by atoms with Crippen LogP contribution in [0.2, 0.25) is 0 Å². The minimum atomic E-state index is -4.64. The van der Waals surface area contributed by atoms with Crippen molar-refractivity contribution in [3.8, 4) is 0 Å². The predicted octanol–water partition coefficient (Wildman–Crippen LogP) is 5.53. The predicted molar refractivity (Wildman–Crippen MR) is 140 cm³/mol. The van der Waals surface area contributed by atoms with Crippen LogP contribution >= 0.6 is 7.82 Å². The molecule has 0 aliphatic heterocycles. The molecule has 1 amide bonds. The third-order valence-electron chi connectivity index (χ3n) is 5.71. The van der Waals surface area contributed by atoms with E-state index in [-0.39, 0.29) is 24.2 Å². The van der Waals surface area contributed by atoms with Crippen LogP contribution in [0.3, 0.4) is 0 Å². The van der Waals surface area contributed by atoms with Gasteiger partial charge < -0.3 is 25.1 Å². The summed E-state index contributed by atoms with van der Waals surface area (Å²) in [6, 6.07) is 0. The first kappa shape index (κ1) is 35.7. The average Bonchev–Trinajstić information content (AvgIpc) is 2.74. The number of phosphoric acid groups is 1. The molecule has 0 saturated heterocycles. The van der Waals surface area contributed by atoms with Crippen LogP contribution < -0.4 is 10.6 Å². The molecule has 0 spiro atoms. The molecule has 1 unspecified atom stereocenters. The molecule has 0 bridgehead atoms. The number of carbonyl (C=O) groups excluding carboxylic acids is 1. The second-order valence-corrected chi connectivity index (χ2v) is 11.0. The number of amides is 1. The summed E-state index contributed by atoms with van der Waals surface area (Å²) in [5, 5.41) is 15.7. The van der Waals surface area contributed by atoms with Crippen LogP contribution in [0.5, 0.6) is 0 Å². The zero-order valence-corrected chi connectivity index (χ0v) is 23.3. The standard InChI is InChI=1S/C25H52N2O2.H3O4P/c1-5-7-8-9-10-11-12-13-14-15-16-17-18-19-20-21-24(29)26-23(6-2)27-25(3,4)22-28;1-5(2,3)4/h23,27-28H,5-22H2,1-4H3,(H,26,29);(H3,1,2,3,4). The highest BCUT2D eigenvalue weighted by Crippen LogP contribution is 2.25. The first-order valence-electron chi connectivity index (χ1n) is 13.4. The number of nitrogens with one attached hydrogen (secondary N) is 2. The van der Waals surface area contributed by atoms with Gasteiger partial charge in [-0.05, 0) is 26.7 Å². The van der Waals surface area contributed by atoms with Crippen molar-refractivity contribution in [1.29, 1.82) is 0 Å². The minimum absolute atomic E-state index is 0.0540. The molecule has 34 heavy (non-hydrogen) atoms. The molecule has 0 heterocycles. The Kier molecular flexibility index (Phi) is 24.1. The Morgan fingerprint density at radius 2 is 1.12 bits per heavy atom. The lowest BCUT2D eigenvalue weighted by molar-refractivity contribution is -0.122. The molecule has 0 aliphatic carbocycles. The summed E-state index contributed by atoms with van der Waals surface area (Å²) in [5.74, 6) is 0.118. The Morgan fingerprint density at radius 3 is 1.44 bits per heavy atom. The maximum atomic E-state index is 12.1. The van der Waals surface area contributed by atoms with E-state index in [1.165, 1.54) is 83.5 Å². The number of carbonyl (C=O) groups is 1. The van der Waals surface area contributed by atoms with Crippen LogP contribution in [0, 0.1) is 0 Å².